The van der Waals surface area contributed by atoms with E-state index in [2.05, 4.69) is 10.4 Å². The molecule has 1 aromatic heterocycles. The van der Waals surface area contributed by atoms with E-state index in [9.17, 15) is 9.90 Å². The summed E-state index contributed by atoms with van der Waals surface area (Å²) < 4.78 is 1.48. The molecule has 0 bridgehead atoms. The van der Waals surface area contributed by atoms with E-state index in [1.54, 1.807) is 37.4 Å². The van der Waals surface area contributed by atoms with Crippen LogP contribution in [0.4, 0.5) is 0 Å². The minimum absolute atomic E-state index is 0.270. The van der Waals surface area contributed by atoms with Crippen LogP contribution in [0.1, 0.15) is 34.6 Å². The number of hydrogen-bond acceptors (Lipinski definition) is 4. The molecule has 2 aromatic rings. The molecular weight excluding hydrogens is 256 g/mol. The van der Waals surface area contributed by atoms with Crippen molar-refractivity contribution in [2.75, 3.05) is 7.05 Å². The first kappa shape index (κ1) is 13.8. The van der Waals surface area contributed by atoms with Gasteiger partial charge in [0.15, 0.2) is 5.69 Å². The second kappa shape index (κ2) is 5.55. The lowest BCUT2D eigenvalue weighted by atomic mass is 10.1. The second-order valence-corrected chi connectivity index (χ2v) is 4.29. The molecule has 2 rings (SSSR count). The number of hydrogen-bond donors (Lipinski definition) is 2. The summed E-state index contributed by atoms with van der Waals surface area (Å²) in [5.74, 6) is -0.293. The minimum Gasteiger partial charge on any atom is -0.389 e. The van der Waals surface area contributed by atoms with Gasteiger partial charge >= 0.3 is 0 Å². The summed E-state index contributed by atoms with van der Waals surface area (Å²) >= 11 is 0. The van der Waals surface area contributed by atoms with Crippen LogP contribution in [0, 0.1) is 11.3 Å². The van der Waals surface area contributed by atoms with E-state index in [4.69, 9.17) is 5.26 Å². The van der Waals surface area contributed by atoms with Gasteiger partial charge in [0.05, 0.1) is 23.4 Å². The second-order valence-electron chi connectivity index (χ2n) is 4.29. The van der Waals surface area contributed by atoms with E-state index in [-0.39, 0.29) is 11.6 Å². The molecule has 0 radical (unpaired) electrons. The summed E-state index contributed by atoms with van der Waals surface area (Å²) in [4.78, 5) is 11.5. The van der Waals surface area contributed by atoms with E-state index in [0.29, 0.717) is 16.8 Å². The summed E-state index contributed by atoms with van der Waals surface area (Å²) in [5.41, 5.74) is 1.94. The number of amides is 1. The number of aromatic nitrogens is 2. The van der Waals surface area contributed by atoms with E-state index < -0.39 is 6.10 Å². The highest BCUT2D eigenvalue weighted by molar-refractivity contribution is 5.91. The average Bonchev–Trinajstić information content (AvgIpc) is 2.95. The molecule has 1 atom stereocenters. The van der Waals surface area contributed by atoms with Gasteiger partial charge in [0.2, 0.25) is 0 Å². The zero-order valence-electron chi connectivity index (χ0n) is 11.2. The molecule has 0 aliphatic heterocycles. The van der Waals surface area contributed by atoms with Crippen molar-refractivity contribution in [1.29, 1.82) is 5.26 Å². The van der Waals surface area contributed by atoms with Gasteiger partial charge < -0.3 is 10.4 Å². The van der Waals surface area contributed by atoms with Gasteiger partial charge in [0.1, 0.15) is 0 Å². The maximum atomic E-state index is 11.5. The Hall–Kier alpha value is -2.65. The number of aliphatic hydroxyl groups excluding tert-OH is 1. The van der Waals surface area contributed by atoms with Gasteiger partial charge in [-0.1, -0.05) is 6.07 Å². The van der Waals surface area contributed by atoms with E-state index in [1.165, 1.54) is 11.7 Å². The smallest absolute Gasteiger partial charge is 0.271 e. The molecule has 0 aliphatic rings. The maximum absolute atomic E-state index is 11.5. The summed E-state index contributed by atoms with van der Waals surface area (Å²) in [5, 5.41) is 25.4. The van der Waals surface area contributed by atoms with Gasteiger partial charge in [-0.3, -0.25) is 4.79 Å². The predicted octanol–water partition coefficient (Wildman–Crippen LogP) is 1.16. The molecule has 0 saturated carbocycles. The largest absolute Gasteiger partial charge is 0.389 e. The Kier molecular flexibility index (Phi) is 3.82. The van der Waals surface area contributed by atoms with Gasteiger partial charge in [-0.05, 0) is 25.1 Å². The summed E-state index contributed by atoms with van der Waals surface area (Å²) in [6.07, 6.45) is 0.915. The van der Waals surface area contributed by atoms with Gasteiger partial charge in [-0.15, -0.1) is 0 Å². The molecule has 0 spiro atoms. The average molecular weight is 270 g/mol. The molecule has 20 heavy (non-hydrogen) atoms. The molecule has 1 heterocycles. The van der Waals surface area contributed by atoms with Gasteiger partial charge in [0.25, 0.3) is 5.91 Å². The fourth-order valence-corrected chi connectivity index (χ4v) is 1.87. The minimum atomic E-state index is -0.703. The molecule has 1 amide bonds. The topological polar surface area (TPSA) is 90.9 Å². The zero-order valence-corrected chi connectivity index (χ0v) is 11.2. The van der Waals surface area contributed by atoms with Crippen LogP contribution >= 0.6 is 0 Å². The first-order valence-electron chi connectivity index (χ1n) is 6.07. The summed E-state index contributed by atoms with van der Waals surface area (Å²) in [6, 6.07) is 8.56. The number of nitriles is 1. The Bertz CT molecular complexity index is 683. The van der Waals surface area contributed by atoms with E-state index in [1.807, 2.05) is 6.07 Å². The summed E-state index contributed by atoms with van der Waals surface area (Å²) in [7, 11) is 1.53. The highest BCUT2D eigenvalue weighted by atomic mass is 16.3. The lowest BCUT2D eigenvalue weighted by Gasteiger charge is -2.12. The van der Waals surface area contributed by atoms with Crippen molar-refractivity contribution >= 4 is 5.91 Å². The van der Waals surface area contributed by atoms with Crippen LogP contribution in [0.15, 0.2) is 30.5 Å². The summed E-state index contributed by atoms with van der Waals surface area (Å²) in [6.45, 7) is 1.63. The predicted molar refractivity (Wildman–Crippen MR) is 72.3 cm³/mol. The SMILES string of the molecule is CNC(=O)c1ccn(-c2cc(C#N)ccc2[C@@H](C)O)n1. The Morgan fingerprint density at radius 3 is 2.85 bits per heavy atom. The van der Waals surface area contributed by atoms with Crippen LogP contribution in [0.3, 0.4) is 0 Å². The van der Waals surface area contributed by atoms with Crippen molar-refractivity contribution in [2.45, 2.75) is 13.0 Å². The Balaban J connectivity index is 2.53. The van der Waals surface area contributed by atoms with Crippen LogP contribution in [0.25, 0.3) is 5.69 Å². The molecule has 0 aliphatic carbocycles. The number of nitrogens with one attached hydrogen (secondary N) is 1. The number of benzene rings is 1. The zero-order chi connectivity index (χ0) is 14.7. The molecule has 2 N–H and O–H groups in total. The monoisotopic (exact) mass is 270 g/mol. The first-order valence-corrected chi connectivity index (χ1v) is 6.07. The third-order valence-electron chi connectivity index (χ3n) is 2.91. The molecule has 6 heteroatoms. The van der Waals surface area contributed by atoms with E-state index in [0.717, 1.165) is 0 Å². The van der Waals surface area contributed by atoms with Gasteiger partial charge in [-0.25, -0.2) is 4.68 Å². The number of rotatable bonds is 3. The fourth-order valence-electron chi connectivity index (χ4n) is 1.87. The Labute approximate surface area is 116 Å². The lowest BCUT2D eigenvalue weighted by Crippen LogP contribution is -2.18. The highest BCUT2D eigenvalue weighted by Crippen LogP contribution is 2.22. The number of carbonyl (C=O) groups excluding carboxylic acids is 1. The van der Waals surface area contributed by atoms with Crippen LogP contribution < -0.4 is 5.32 Å². The molecular formula is C14H14N4O2. The van der Waals surface area contributed by atoms with Crippen molar-refractivity contribution in [1.82, 2.24) is 15.1 Å². The van der Waals surface area contributed by atoms with Crippen LogP contribution in [0.5, 0.6) is 0 Å². The first-order chi connectivity index (χ1) is 9.56. The third kappa shape index (κ3) is 2.53. The van der Waals surface area contributed by atoms with Crippen LogP contribution in [-0.2, 0) is 0 Å². The van der Waals surface area contributed by atoms with Crippen molar-refractivity contribution < 1.29 is 9.90 Å². The van der Waals surface area contributed by atoms with Crippen molar-refractivity contribution in [3.8, 4) is 11.8 Å². The number of nitrogens with zero attached hydrogens (tertiary/aromatic N) is 3. The number of carbonyl (C=O) groups is 1. The highest BCUT2D eigenvalue weighted by Gasteiger charge is 2.14. The van der Waals surface area contributed by atoms with Gasteiger partial charge in [0, 0.05) is 18.8 Å². The quantitative estimate of drug-likeness (QED) is 0.875. The van der Waals surface area contributed by atoms with Crippen LogP contribution in [0.2, 0.25) is 0 Å². The normalized spacial score (nSPS) is 11.7. The molecule has 1 aromatic carbocycles. The molecule has 102 valence electrons. The third-order valence-corrected chi connectivity index (χ3v) is 2.91. The fraction of sp³-hybridized carbons (Fsp3) is 0.214. The van der Waals surface area contributed by atoms with Crippen molar-refractivity contribution in [3.63, 3.8) is 0 Å². The van der Waals surface area contributed by atoms with Crippen molar-refractivity contribution in [3.05, 3.63) is 47.3 Å². The van der Waals surface area contributed by atoms with Gasteiger partial charge in [-0.2, -0.15) is 10.4 Å². The molecule has 6 nitrogen and oxygen atoms in total. The molecule has 0 unspecified atom stereocenters. The van der Waals surface area contributed by atoms with Crippen LogP contribution in [-0.4, -0.2) is 27.8 Å². The number of aliphatic hydroxyl groups is 1. The van der Waals surface area contributed by atoms with E-state index >= 15 is 0 Å². The lowest BCUT2D eigenvalue weighted by molar-refractivity contribution is 0.0957. The van der Waals surface area contributed by atoms with Crippen molar-refractivity contribution in [2.24, 2.45) is 0 Å². The Morgan fingerprint density at radius 2 is 2.25 bits per heavy atom. The Morgan fingerprint density at radius 1 is 1.50 bits per heavy atom. The molecule has 0 fully saturated rings. The molecule has 0 saturated heterocycles. The standard InChI is InChI=1S/C14H14N4O2/c1-9(19)11-4-3-10(8-15)7-13(11)18-6-5-12(17-18)14(20)16-2/h3-7,9,19H,1-2H3,(H,16,20)/t9-/m1/s1. The maximum Gasteiger partial charge on any atom is 0.271 e.